The van der Waals surface area contributed by atoms with Crippen LogP contribution in [0.15, 0.2) is 35.7 Å². The van der Waals surface area contributed by atoms with Gasteiger partial charge >= 0.3 is 123 Å². The van der Waals surface area contributed by atoms with E-state index >= 15 is 0 Å². The third-order valence-electron chi connectivity index (χ3n) is 2.37. The van der Waals surface area contributed by atoms with E-state index in [1.165, 1.54) is 19.0 Å². The van der Waals surface area contributed by atoms with Gasteiger partial charge in [-0.15, -0.1) is 0 Å². The quantitative estimate of drug-likeness (QED) is 0.386. The van der Waals surface area contributed by atoms with E-state index in [0.29, 0.717) is 14.5 Å². The van der Waals surface area contributed by atoms with E-state index in [9.17, 15) is 0 Å². The zero-order chi connectivity index (χ0) is 11.1. The first kappa shape index (κ1) is 11.3. The van der Waals surface area contributed by atoms with E-state index in [4.69, 9.17) is 11.6 Å². The predicted octanol–water partition coefficient (Wildman–Crippen LogP) is 4.88. The molecule has 3 aromatic rings. The molecular formula is C12H6ClISSe. The van der Waals surface area contributed by atoms with Gasteiger partial charge in [-0.25, -0.2) is 0 Å². The maximum atomic E-state index is 5.91. The number of thiophene rings is 1. The summed E-state index contributed by atoms with van der Waals surface area (Å²) in [5.41, 5.74) is 1.32. The van der Waals surface area contributed by atoms with Crippen LogP contribution in [0.2, 0.25) is 5.02 Å². The molecule has 2 heterocycles. The molecule has 0 aliphatic heterocycles. The Bertz CT molecular complexity index is 639. The van der Waals surface area contributed by atoms with Gasteiger partial charge in [0.1, 0.15) is 0 Å². The van der Waals surface area contributed by atoms with Gasteiger partial charge in [0.15, 0.2) is 0 Å². The maximum absolute atomic E-state index is 5.91. The Kier molecular flexibility index (Phi) is 3.15. The van der Waals surface area contributed by atoms with Crippen molar-refractivity contribution in [3.8, 4) is 10.0 Å². The van der Waals surface area contributed by atoms with Gasteiger partial charge in [0, 0.05) is 0 Å². The summed E-state index contributed by atoms with van der Waals surface area (Å²) >= 11 is 10.7. The molecule has 0 bridgehead atoms. The third-order valence-corrected chi connectivity index (χ3v) is 8.51. The van der Waals surface area contributed by atoms with Crippen LogP contribution in [0.25, 0.3) is 19.0 Å². The van der Waals surface area contributed by atoms with Crippen molar-refractivity contribution in [3.63, 3.8) is 0 Å². The Hall–Kier alpha value is 0.199. The molecule has 0 radical (unpaired) electrons. The van der Waals surface area contributed by atoms with Crippen molar-refractivity contribution in [2.75, 3.05) is 0 Å². The second kappa shape index (κ2) is 4.46. The van der Waals surface area contributed by atoms with Crippen LogP contribution in [-0.4, -0.2) is 14.5 Å². The van der Waals surface area contributed by atoms with Gasteiger partial charge in [0.25, 0.3) is 0 Å². The van der Waals surface area contributed by atoms with E-state index in [-0.39, 0.29) is 0 Å². The van der Waals surface area contributed by atoms with Crippen LogP contribution in [0.1, 0.15) is 0 Å². The van der Waals surface area contributed by atoms with E-state index in [1.807, 2.05) is 23.5 Å². The summed E-state index contributed by atoms with van der Waals surface area (Å²) in [6.45, 7) is 0. The van der Waals surface area contributed by atoms with Gasteiger partial charge in [-0.1, -0.05) is 0 Å². The van der Waals surface area contributed by atoms with Gasteiger partial charge < -0.3 is 0 Å². The van der Waals surface area contributed by atoms with Crippen LogP contribution in [0.5, 0.6) is 0 Å². The van der Waals surface area contributed by atoms with Crippen LogP contribution >= 0.6 is 45.5 Å². The molecule has 0 saturated carbocycles. The van der Waals surface area contributed by atoms with Crippen molar-refractivity contribution in [1.29, 1.82) is 0 Å². The second-order valence-corrected chi connectivity index (χ2v) is 8.53. The SMILES string of the molecule is Clc1ccc(-c2[se]c3sccc3c2I)cc1. The predicted molar refractivity (Wildman–Crippen MR) is 81.9 cm³/mol. The molecule has 0 nitrogen and oxygen atoms in total. The molecule has 16 heavy (non-hydrogen) atoms. The van der Waals surface area contributed by atoms with Gasteiger partial charge in [0.05, 0.1) is 0 Å². The van der Waals surface area contributed by atoms with Gasteiger partial charge in [-0.2, -0.15) is 0 Å². The monoisotopic (exact) mass is 424 g/mol. The fourth-order valence-electron chi connectivity index (χ4n) is 1.58. The zero-order valence-electron chi connectivity index (χ0n) is 8.04. The van der Waals surface area contributed by atoms with Crippen LogP contribution in [0.4, 0.5) is 0 Å². The summed E-state index contributed by atoms with van der Waals surface area (Å²) in [6, 6.07) is 10.4. The average molecular weight is 424 g/mol. The van der Waals surface area contributed by atoms with Crippen LogP contribution in [0, 0.1) is 3.57 Å². The van der Waals surface area contributed by atoms with Crippen LogP contribution in [-0.2, 0) is 0 Å². The minimum absolute atomic E-state index is 0.466. The summed E-state index contributed by atoms with van der Waals surface area (Å²) in [5.74, 6) is 0. The Balaban J connectivity index is 2.21. The van der Waals surface area contributed by atoms with E-state index in [1.54, 1.807) is 3.57 Å². The number of halogens is 2. The number of benzene rings is 1. The summed E-state index contributed by atoms with van der Waals surface area (Å²) in [7, 11) is 0. The molecule has 0 atom stereocenters. The average Bonchev–Trinajstić information content (AvgIpc) is 2.84. The summed E-state index contributed by atoms with van der Waals surface area (Å²) < 4.78 is 4.45. The molecule has 0 N–H and O–H groups in total. The Morgan fingerprint density at radius 3 is 2.56 bits per heavy atom. The van der Waals surface area contributed by atoms with Crippen LogP contribution in [0.3, 0.4) is 0 Å². The molecule has 0 aliphatic carbocycles. The van der Waals surface area contributed by atoms with Crippen molar-refractivity contribution in [3.05, 3.63) is 44.3 Å². The first-order valence-electron chi connectivity index (χ1n) is 4.67. The van der Waals surface area contributed by atoms with E-state index in [2.05, 4.69) is 46.2 Å². The number of rotatable bonds is 1. The molecule has 3 rings (SSSR count). The summed E-state index contributed by atoms with van der Waals surface area (Å²) in [6.07, 6.45) is 0. The second-order valence-electron chi connectivity index (χ2n) is 3.37. The molecule has 0 fully saturated rings. The topological polar surface area (TPSA) is 0 Å². The van der Waals surface area contributed by atoms with Crippen molar-refractivity contribution < 1.29 is 0 Å². The molecule has 0 amide bonds. The molecule has 0 saturated heterocycles. The normalized spacial score (nSPS) is 11.1. The van der Waals surface area contributed by atoms with Gasteiger partial charge in [0.2, 0.25) is 0 Å². The van der Waals surface area contributed by atoms with Crippen molar-refractivity contribution in [2.45, 2.75) is 0 Å². The van der Waals surface area contributed by atoms with E-state index in [0.717, 1.165) is 5.02 Å². The van der Waals surface area contributed by atoms with Crippen molar-refractivity contribution in [1.82, 2.24) is 0 Å². The molecule has 2 aromatic heterocycles. The number of fused-ring (bicyclic) bond motifs is 1. The van der Waals surface area contributed by atoms with Gasteiger partial charge in [-0.3, -0.25) is 0 Å². The Labute approximate surface area is 122 Å². The molecule has 0 aliphatic rings. The van der Waals surface area contributed by atoms with Crippen LogP contribution < -0.4 is 0 Å². The molecule has 1 aromatic carbocycles. The minimum atomic E-state index is 0.466. The molecule has 4 heteroatoms. The summed E-state index contributed by atoms with van der Waals surface area (Å²) in [4.78, 5) is 0. The van der Waals surface area contributed by atoms with Crippen molar-refractivity contribution in [2.24, 2.45) is 0 Å². The fourth-order valence-corrected chi connectivity index (χ4v) is 7.32. The number of hydrogen-bond acceptors (Lipinski definition) is 1. The molecular weight excluding hydrogens is 418 g/mol. The molecule has 0 unspecified atom stereocenters. The van der Waals surface area contributed by atoms with E-state index < -0.39 is 0 Å². The third kappa shape index (κ3) is 1.89. The molecule has 0 spiro atoms. The fraction of sp³-hybridized carbons (Fsp3) is 0. The number of hydrogen-bond donors (Lipinski definition) is 0. The Morgan fingerprint density at radius 2 is 1.88 bits per heavy atom. The standard InChI is InChI=1S/C12H6ClISSe/c13-8-3-1-7(2-4-8)11-10(14)9-5-6-15-12(9)16-11/h1-6H. The molecule has 80 valence electrons. The zero-order valence-corrected chi connectivity index (χ0v) is 13.5. The van der Waals surface area contributed by atoms with Gasteiger partial charge in [-0.05, 0) is 0 Å². The Morgan fingerprint density at radius 1 is 1.12 bits per heavy atom. The van der Waals surface area contributed by atoms with Crippen molar-refractivity contribution >= 4 is 69.0 Å². The summed E-state index contributed by atoms with van der Waals surface area (Å²) in [5, 5.41) is 4.43. The first-order chi connectivity index (χ1) is 7.75. The first-order valence-corrected chi connectivity index (χ1v) is 8.72.